The van der Waals surface area contributed by atoms with Gasteiger partial charge in [0.25, 0.3) is 11.5 Å². The van der Waals surface area contributed by atoms with Crippen LogP contribution in [0.15, 0.2) is 35.3 Å². The first kappa shape index (κ1) is 20.4. The summed E-state index contributed by atoms with van der Waals surface area (Å²) < 4.78 is 12.1. The second-order valence-electron chi connectivity index (χ2n) is 7.71. The Morgan fingerprint density at radius 3 is 2.90 bits per heavy atom. The number of aliphatic hydroxyl groups excluding tert-OH is 1. The fraction of sp³-hybridized carbons (Fsp3) is 0.455. The number of nitrogens with zero attached hydrogens (tertiary/aromatic N) is 2. The highest BCUT2D eigenvalue weighted by molar-refractivity contribution is 5.95. The number of aliphatic hydroxyl groups is 1. The SMILES string of the molecule is Cc1ccn(-c2ccc3c(c2)OCO3)c(=O)c1C(=O)NCCN1CCCCC1CO. The lowest BCUT2D eigenvalue weighted by Gasteiger charge is -2.34. The molecule has 160 valence electrons. The van der Waals surface area contributed by atoms with Crippen LogP contribution in [0.2, 0.25) is 0 Å². The number of aryl methyl sites for hydroxylation is 1. The van der Waals surface area contributed by atoms with Crippen LogP contribution in [0.4, 0.5) is 0 Å². The first-order chi connectivity index (χ1) is 14.6. The molecule has 1 unspecified atom stereocenters. The van der Waals surface area contributed by atoms with Gasteiger partial charge in [-0.05, 0) is 50.1 Å². The van der Waals surface area contributed by atoms with Gasteiger partial charge < -0.3 is 19.9 Å². The predicted octanol–water partition coefficient (Wildman–Crippen LogP) is 1.45. The number of ether oxygens (including phenoxy) is 2. The highest BCUT2D eigenvalue weighted by Gasteiger charge is 2.22. The molecule has 1 saturated heterocycles. The highest BCUT2D eigenvalue weighted by atomic mass is 16.7. The predicted molar refractivity (Wildman–Crippen MR) is 112 cm³/mol. The molecule has 4 rings (SSSR count). The van der Waals surface area contributed by atoms with Crippen molar-refractivity contribution in [3.63, 3.8) is 0 Å². The Hall–Kier alpha value is -2.84. The number of benzene rings is 1. The summed E-state index contributed by atoms with van der Waals surface area (Å²) >= 11 is 0. The molecule has 0 saturated carbocycles. The van der Waals surface area contributed by atoms with Crippen LogP contribution >= 0.6 is 0 Å². The molecule has 8 heteroatoms. The Morgan fingerprint density at radius 1 is 1.23 bits per heavy atom. The Labute approximate surface area is 175 Å². The molecule has 1 atom stereocenters. The minimum absolute atomic E-state index is 0.131. The van der Waals surface area contributed by atoms with E-state index in [-0.39, 0.29) is 36.5 Å². The van der Waals surface area contributed by atoms with Crippen molar-refractivity contribution in [3.05, 3.63) is 51.9 Å². The third-order valence-electron chi connectivity index (χ3n) is 5.81. The topological polar surface area (TPSA) is 93.0 Å². The van der Waals surface area contributed by atoms with Gasteiger partial charge in [0.1, 0.15) is 5.56 Å². The fourth-order valence-corrected chi connectivity index (χ4v) is 4.10. The number of likely N-dealkylation sites (tertiary alicyclic amines) is 1. The molecule has 2 aliphatic heterocycles. The third kappa shape index (κ3) is 4.06. The van der Waals surface area contributed by atoms with Crippen LogP contribution in [0.25, 0.3) is 5.69 Å². The lowest BCUT2D eigenvalue weighted by atomic mass is 10.0. The fourth-order valence-electron chi connectivity index (χ4n) is 4.10. The van der Waals surface area contributed by atoms with Crippen molar-refractivity contribution in [2.45, 2.75) is 32.2 Å². The van der Waals surface area contributed by atoms with Crippen LogP contribution in [0.3, 0.4) is 0 Å². The van der Waals surface area contributed by atoms with Gasteiger partial charge in [0, 0.05) is 31.4 Å². The maximum atomic E-state index is 13.1. The van der Waals surface area contributed by atoms with Crippen molar-refractivity contribution in [1.82, 2.24) is 14.8 Å². The summed E-state index contributed by atoms with van der Waals surface area (Å²) in [7, 11) is 0. The monoisotopic (exact) mass is 413 g/mol. The van der Waals surface area contributed by atoms with Crippen molar-refractivity contribution in [3.8, 4) is 17.2 Å². The molecule has 2 aromatic rings. The average Bonchev–Trinajstić information content (AvgIpc) is 3.22. The van der Waals surface area contributed by atoms with Gasteiger partial charge >= 0.3 is 0 Å². The van der Waals surface area contributed by atoms with Crippen LogP contribution in [-0.4, -0.2) is 59.6 Å². The minimum Gasteiger partial charge on any atom is -0.454 e. The Morgan fingerprint density at radius 2 is 2.07 bits per heavy atom. The van der Waals surface area contributed by atoms with Crippen molar-refractivity contribution in [2.24, 2.45) is 0 Å². The molecule has 30 heavy (non-hydrogen) atoms. The van der Waals surface area contributed by atoms with E-state index in [1.165, 1.54) is 4.57 Å². The first-order valence-corrected chi connectivity index (χ1v) is 10.3. The van der Waals surface area contributed by atoms with E-state index in [0.29, 0.717) is 35.8 Å². The van der Waals surface area contributed by atoms with Gasteiger partial charge in [-0.15, -0.1) is 0 Å². The summed E-state index contributed by atoms with van der Waals surface area (Å²) in [6.45, 7) is 4.04. The summed E-state index contributed by atoms with van der Waals surface area (Å²) in [5.41, 5.74) is 0.989. The molecule has 0 radical (unpaired) electrons. The Balaban J connectivity index is 1.49. The largest absolute Gasteiger partial charge is 0.454 e. The van der Waals surface area contributed by atoms with Crippen LogP contribution in [0.1, 0.15) is 35.2 Å². The average molecular weight is 413 g/mol. The number of piperidine rings is 1. The van der Waals surface area contributed by atoms with E-state index >= 15 is 0 Å². The second-order valence-corrected chi connectivity index (χ2v) is 7.71. The summed E-state index contributed by atoms with van der Waals surface area (Å²) in [6, 6.07) is 7.15. The number of aromatic nitrogens is 1. The van der Waals surface area contributed by atoms with Crippen LogP contribution in [0.5, 0.6) is 11.5 Å². The van der Waals surface area contributed by atoms with Gasteiger partial charge in [-0.1, -0.05) is 6.42 Å². The molecule has 3 heterocycles. The summed E-state index contributed by atoms with van der Waals surface area (Å²) in [5.74, 6) is 0.826. The number of carbonyl (C=O) groups is 1. The molecular weight excluding hydrogens is 386 g/mol. The number of amides is 1. The lowest BCUT2D eigenvalue weighted by molar-refractivity contribution is 0.0848. The van der Waals surface area contributed by atoms with Gasteiger partial charge in [-0.3, -0.25) is 19.1 Å². The smallest absolute Gasteiger partial charge is 0.268 e. The van der Waals surface area contributed by atoms with E-state index in [1.54, 1.807) is 37.4 Å². The van der Waals surface area contributed by atoms with Gasteiger partial charge in [0.15, 0.2) is 11.5 Å². The molecule has 2 N–H and O–H groups in total. The van der Waals surface area contributed by atoms with Gasteiger partial charge in [-0.25, -0.2) is 0 Å². The minimum atomic E-state index is -0.384. The molecule has 0 spiro atoms. The van der Waals surface area contributed by atoms with E-state index in [0.717, 1.165) is 25.8 Å². The molecule has 0 bridgehead atoms. The summed E-state index contributed by atoms with van der Waals surface area (Å²) in [4.78, 5) is 28.1. The molecule has 1 aromatic carbocycles. The van der Waals surface area contributed by atoms with Gasteiger partial charge in [-0.2, -0.15) is 0 Å². The zero-order valence-corrected chi connectivity index (χ0v) is 17.1. The van der Waals surface area contributed by atoms with Crippen LogP contribution in [0, 0.1) is 6.92 Å². The molecule has 8 nitrogen and oxygen atoms in total. The standard InChI is InChI=1S/C22H27N3O5/c1-15-7-10-25(16-5-6-18-19(12-16)30-14-29-18)22(28)20(15)21(27)23-8-11-24-9-3-2-4-17(24)13-26/h5-7,10,12,17,26H,2-4,8-9,11,13-14H2,1H3,(H,23,27). The molecule has 2 aliphatic rings. The van der Waals surface area contributed by atoms with Crippen molar-refractivity contribution in [2.75, 3.05) is 33.0 Å². The Bertz CT molecular complexity index is 987. The molecule has 0 aliphatic carbocycles. The van der Waals surface area contributed by atoms with Crippen molar-refractivity contribution in [1.29, 1.82) is 0 Å². The number of carbonyl (C=O) groups excluding carboxylic acids is 1. The molecule has 1 amide bonds. The number of rotatable bonds is 6. The van der Waals surface area contributed by atoms with Crippen LogP contribution in [-0.2, 0) is 0 Å². The second kappa shape index (κ2) is 8.89. The maximum absolute atomic E-state index is 13.1. The lowest BCUT2D eigenvalue weighted by Crippen LogP contribution is -2.46. The summed E-state index contributed by atoms with van der Waals surface area (Å²) in [5, 5.41) is 12.4. The number of nitrogens with one attached hydrogen (secondary N) is 1. The summed E-state index contributed by atoms with van der Waals surface area (Å²) in [6.07, 6.45) is 4.85. The molecule has 1 fully saturated rings. The zero-order chi connectivity index (χ0) is 21.1. The first-order valence-electron chi connectivity index (χ1n) is 10.3. The number of hydrogen-bond donors (Lipinski definition) is 2. The number of pyridine rings is 1. The zero-order valence-electron chi connectivity index (χ0n) is 17.1. The van der Waals surface area contributed by atoms with E-state index in [4.69, 9.17) is 9.47 Å². The van der Waals surface area contributed by atoms with Gasteiger partial charge in [0.2, 0.25) is 6.79 Å². The normalized spacial score (nSPS) is 18.4. The van der Waals surface area contributed by atoms with Gasteiger partial charge in [0.05, 0.1) is 12.3 Å². The molecule has 1 aromatic heterocycles. The maximum Gasteiger partial charge on any atom is 0.268 e. The number of fused-ring (bicyclic) bond motifs is 1. The van der Waals surface area contributed by atoms with E-state index in [9.17, 15) is 14.7 Å². The quantitative estimate of drug-likeness (QED) is 0.745. The highest BCUT2D eigenvalue weighted by Crippen LogP contribution is 2.33. The third-order valence-corrected chi connectivity index (χ3v) is 5.81. The van der Waals surface area contributed by atoms with Crippen LogP contribution < -0.4 is 20.3 Å². The van der Waals surface area contributed by atoms with E-state index < -0.39 is 0 Å². The van der Waals surface area contributed by atoms with E-state index in [1.807, 2.05) is 0 Å². The van der Waals surface area contributed by atoms with Crippen molar-refractivity contribution >= 4 is 5.91 Å². The Kier molecular flexibility index (Phi) is 6.06. The van der Waals surface area contributed by atoms with E-state index in [2.05, 4.69) is 10.2 Å². The number of hydrogen-bond acceptors (Lipinski definition) is 6. The molecular formula is C22H27N3O5. The van der Waals surface area contributed by atoms with Crippen molar-refractivity contribution < 1.29 is 19.4 Å².